The Bertz CT molecular complexity index is 601. The zero-order chi connectivity index (χ0) is 17.2. The van der Waals surface area contributed by atoms with Crippen LogP contribution in [-0.4, -0.2) is 28.1 Å². The highest BCUT2D eigenvalue weighted by Crippen LogP contribution is 2.52. The van der Waals surface area contributed by atoms with E-state index in [4.69, 9.17) is 0 Å². The molecule has 0 spiro atoms. The van der Waals surface area contributed by atoms with Crippen LogP contribution in [0.3, 0.4) is 0 Å². The van der Waals surface area contributed by atoms with Crippen LogP contribution in [0.1, 0.15) is 38.4 Å². The fourth-order valence-electron chi connectivity index (χ4n) is 3.47. The molecule has 3 N–H and O–H groups in total. The smallest absolute Gasteiger partial charge is 0.315 e. The van der Waals surface area contributed by atoms with Crippen LogP contribution in [0.4, 0.5) is 4.79 Å². The molecule has 1 aliphatic carbocycles. The summed E-state index contributed by atoms with van der Waals surface area (Å²) in [4.78, 5) is 27.4. The second kappa shape index (κ2) is 6.56. The normalized spacial score (nSPS) is 23.5. The number of pyridine rings is 1. The van der Waals surface area contributed by atoms with Gasteiger partial charge in [-0.1, -0.05) is 19.9 Å². The number of carboxylic acids is 1. The highest BCUT2D eigenvalue weighted by atomic mass is 16.4. The van der Waals surface area contributed by atoms with Crippen molar-refractivity contribution < 1.29 is 14.7 Å². The third-order valence-electron chi connectivity index (χ3n) is 5.16. The van der Waals surface area contributed by atoms with Crippen LogP contribution >= 0.6 is 0 Å². The molecule has 0 radical (unpaired) electrons. The molecule has 3 atom stereocenters. The van der Waals surface area contributed by atoms with Crippen molar-refractivity contribution >= 4 is 12.0 Å². The maximum atomic E-state index is 12.1. The minimum atomic E-state index is -0.755. The largest absolute Gasteiger partial charge is 0.481 e. The second-order valence-electron chi connectivity index (χ2n) is 6.92. The molecule has 6 nitrogen and oxygen atoms in total. The highest BCUT2D eigenvalue weighted by molar-refractivity contribution is 5.75. The van der Waals surface area contributed by atoms with Crippen LogP contribution in [-0.2, 0) is 11.3 Å². The van der Waals surface area contributed by atoms with E-state index in [2.05, 4.69) is 15.6 Å². The van der Waals surface area contributed by atoms with Gasteiger partial charge in [0.2, 0.25) is 0 Å². The summed E-state index contributed by atoms with van der Waals surface area (Å²) in [6.07, 6.45) is 2.32. The molecule has 2 amide bonds. The van der Waals surface area contributed by atoms with E-state index in [1.54, 1.807) is 6.20 Å². The van der Waals surface area contributed by atoms with Crippen LogP contribution in [0.25, 0.3) is 0 Å². The number of urea groups is 1. The van der Waals surface area contributed by atoms with Gasteiger partial charge in [-0.3, -0.25) is 9.78 Å². The average molecular weight is 319 g/mol. The zero-order valence-electron chi connectivity index (χ0n) is 14.1. The van der Waals surface area contributed by atoms with Gasteiger partial charge >= 0.3 is 12.0 Å². The number of carbonyl (C=O) groups excluding carboxylic acids is 1. The molecule has 2 rings (SSSR count). The minimum Gasteiger partial charge on any atom is -0.481 e. The summed E-state index contributed by atoms with van der Waals surface area (Å²) in [5.74, 6) is -0.928. The molecule has 0 bridgehead atoms. The van der Waals surface area contributed by atoms with Crippen LogP contribution in [0.15, 0.2) is 18.3 Å². The van der Waals surface area contributed by atoms with Gasteiger partial charge in [0.25, 0.3) is 0 Å². The Balaban J connectivity index is 1.84. The van der Waals surface area contributed by atoms with E-state index in [9.17, 15) is 14.7 Å². The molecule has 0 aliphatic heterocycles. The van der Waals surface area contributed by atoms with Crippen molar-refractivity contribution in [2.75, 3.05) is 0 Å². The van der Waals surface area contributed by atoms with Gasteiger partial charge in [0.05, 0.1) is 5.92 Å². The molecular formula is C17H25N3O3. The maximum Gasteiger partial charge on any atom is 0.315 e. The first-order chi connectivity index (χ1) is 10.7. The summed E-state index contributed by atoms with van der Waals surface area (Å²) in [6.45, 7) is 8.16. The summed E-state index contributed by atoms with van der Waals surface area (Å²) in [6, 6.07) is 3.46. The van der Waals surface area contributed by atoms with Gasteiger partial charge in [0.15, 0.2) is 0 Å². The number of aryl methyl sites for hydroxylation is 1. The first-order valence-electron chi connectivity index (χ1n) is 7.91. The molecule has 0 aromatic carbocycles. The van der Waals surface area contributed by atoms with Crippen LogP contribution in [0, 0.1) is 24.2 Å². The topological polar surface area (TPSA) is 91.3 Å². The van der Waals surface area contributed by atoms with E-state index in [0.29, 0.717) is 13.0 Å². The Morgan fingerprint density at radius 2 is 2.17 bits per heavy atom. The Morgan fingerprint density at radius 1 is 1.48 bits per heavy atom. The lowest BCUT2D eigenvalue weighted by Crippen LogP contribution is -2.57. The number of nitrogens with one attached hydrogen (secondary N) is 2. The number of nitrogens with zero attached hydrogens (tertiary/aromatic N) is 1. The van der Waals surface area contributed by atoms with E-state index in [-0.39, 0.29) is 29.3 Å². The fraction of sp³-hybridized carbons (Fsp3) is 0.588. The van der Waals surface area contributed by atoms with Gasteiger partial charge in [-0.15, -0.1) is 0 Å². The molecular weight excluding hydrogens is 294 g/mol. The summed E-state index contributed by atoms with van der Waals surface area (Å²) in [5.41, 5.74) is 1.56. The van der Waals surface area contributed by atoms with Crippen molar-refractivity contribution in [2.24, 2.45) is 17.3 Å². The first kappa shape index (κ1) is 17.2. The maximum absolute atomic E-state index is 12.1. The van der Waals surface area contributed by atoms with Gasteiger partial charge in [-0.25, -0.2) is 4.79 Å². The van der Waals surface area contributed by atoms with Crippen molar-refractivity contribution in [1.29, 1.82) is 0 Å². The number of aliphatic carboxylic acids is 1. The Kier molecular flexibility index (Phi) is 4.92. The average Bonchev–Trinajstić information content (AvgIpc) is 2.44. The predicted octanol–water partition coefficient (Wildman–Crippen LogP) is 2.32. The zero-order valence-corrected chi connectivity index (χ0v) is 14.1. The summed E-state index contributed by atoms with van der Waals surface area (Å²) >= 11 is 0. The molecule has 1 unspecified atom stereocenters. The lowest BCUT2D eigenvalue weighted by atomic mass is 9.53. The Labute approximate surface area is 136 Å². The molecule has 1 aliphatic rings. The number of carbonyl (C=O) groups is 2. The summed E-state index contributed by atoms with van der Waals surface area (Å²) in [7, 11) is 0. The Morgan fingerprint density at radius 3 is 2.74 bits per heavy atom. The molecule has 1 aromatic heterocycles. The van der Waals surface area contributed by atoms with Gasteiger partial charge in [-0.05, 0) is 43.2 Å². The number of hydrogen-bond acceptors (Lipinski definition) is 3. The monoisotopic (exact) mass is 319 g/mol. The summed E-state index contributed by atoms with van der Waals surface area (Å²) < 4.78 is 0. The SMILES string of the molecule is Cc1ncccc1CNC(=O)NC(C)[C@@H]1C[C@H](C(=O)O)C1(C)C. The second-order valence-corrected chi connectivity index (χ2v) is 6.92. The van der Waals surface area contributed by atoms with Crippen molar-refractivity contribution in [2.45, 2.75) is 46.7 Å². The molecule has 0 saturated heterocycles. The van der Waals surface area contributed by atoms with Crippen molar-refractivity contribution in [3.05, 3.63) is 29.6 Å². The number of aromatic nitrogens is 1. The van der Waals surface area contributed by atoms with Crippen molar-refractivity contribution in [3.8, 4) is 0 Å². The number of carboxylic acid groups (broad SMARTS) is 1. The molecule has 1 fully saturated rings. The van der Waals surface area contributed by atoms with Crippen molar-refractivity contribution in [3.63, 3.8) is 0 Å². The highest BCUT2D eigenvalue weighted by Gasteiger charge is 2.53. The molecule has 6 heteroatoms. The van der Waals surface area contributed by atoms with Crippen LogP contribution in [0.5, 0.6) is 0 Å². The predicted molar refractivity (Wildman–Crippen MR) is 86.8 cm³/mol. The van der Waals surface area contributed by atoms with E-state index in [1.165, 1.54) is 0 Å². The molecule has 23 heavy (non-hydrogen) atoms. The molecule has 1 saturated carbocycles. The summed E-state index contributed by atoms with van der Waals surface area (Å²) in [5, 5.41) is 14.9. The Hall–Kier alpha value is -2.11. The van der Waals surface area contributed by atoms with E-state index >= 15 is 0 Å². The number of amides is 2. The lowest BCUT2D eigenvalue weighted by molar-refractivity contribution is -0.160. The molecule has 126 valence electrons. The van der Waals surface area contributed by atoms with Crippen LogP contribution in [0.2, 0.25) is 0 Å². The van der Waals surface area contributed by atoms with Gasteiger partial charge in [0, 0.05) is 24.5 Å². The minimum absolute atomic E-state index is 0.0735. The number of rotatable bonds is 5. The third-order valence-corrected chi connectivity index (χ3v) is 5.16. The van der Waals surface area contributed by atoms with Gasteiger partial charge < -0.3 is 15.7 Å². The quantitative estimate of drug-likeness (QED) is 0.777. The number of hydrogen-bond donors (Lipinski definition) is 3. The third kappa shape index (κ3) is 3.63. The lowest BCUT2D eigenvalue weighted by Gasteiger charge is -2.52. The molecule has 1 aromatic rings. The first-order valence-corrected chi connectivity index (χ1v) is 7.91. The fourth-order valence-corrected chi connectivity index (χ4v) is 3.47. The van der Waals surface area contributed by atoms with Gasteiger partial charge in [-0.2, -0.15) is 0 Å². The molecule has 1 heterocycles. The van der Waals surface area contributed by atoms with Crippen molar-refractivity contribution in [1.82, 2.24) is 15.6 Å². The van der Waals surface area contributed by atoms with E-state index in [1.807, 2.05) is 39.8 Å². The van der Waals surface area contributed by atoms with E-state index in [0.717, 1.165) is 11.3 Å². The van der Waals surface area contributed by atoms with Crippen LogP contribution < -0.4 is 10.6 Å². The van der Waals surface area contributed by atoms with Gasteiger partial charge in [0.1, 0.15) is 0 Å². The standard InChI is InChI=1S/C17H25N3O3/c1-10-12(6-5-7-18-10)9-19-16(23)20-11(2)13-8-14(15(21)22)17(13,3)4/h5-7,11,13-14H,8-9H2,1-4H3,(H,21,22)(H2,19,20,23)/t11?,13-,14+/m0/s1. The van der Waals surface area contributed by atoms with E-state index < -0.39 is 5.97 Å².